The number of ether oxygens (including phenoxy) is 2. The Kier molecular flexibility index (Phi) is 4.74. The summed E-state index contributed by atoms with van der Waals surface area (Å²) in [7, 11) is 0. The van der Waals surface area contributed by atoms with Crippen molar-refractivity contribution in [2.75, 3.05) is 6.61 Å². The van der Waals surface area contributed by atoms with E-state index in [4.69, 9.17) is 9.47 Å². The minimum Gasteiger partial charge on any atom is -0.353 e. The fourth-order valence-corrected chi connectivity index (χ4v) is 1.89. The quantitative estimate of drug-likeness (QED) is 0.657. The second kappa shape index (κ2) is 5.61. The van der Waals surface area contributed by atoms with Crippen LogP contribution in [0, 0.1) is 5.92 Å². The molecule has 0 N–H and O–H groups in total. The van der Waals surface area contributed by atoms with Crippen molar-refractivity contribution in [2.45, 2.75) is 58.8 Å². The largest absolute Gasteiger partial charge is 0.353 e. The van der Waals surface area contributed by atoms with Gasteiger partial charge in [-0.25, -0.2) is 0 Å². The van der Waals surface area contributed by atoms with Gasteiger partial charge >= 0.3 is 0 Å². The summed E-state index contributed by atoms with van der Waals surface area (Å²) in [5.74, 6) is 0.670. The van der Waals surface area contributed by atoms with Crippen LogP contribution in [0.15, 0.2) is 0 Å². The smallest absolute Gasteiger partial charge is 0.158 e. The third-order valence-corrected chi connectivity index (χ3v) is 2.72. The first kappa shape index (κ1) is 11.0. The third kappa shape index (κ3) is 3.28. The van der Waals surface area contributed by atoms with Gasteiger partial charge in [-0.3, -0.25) is 0 Å². The van der Waals surface area contributed by atoms with Crippen LogP contribution in [0.5, 0.6) is 0 Å². The van der Waals surface area contributed by atoms with E-state index in [1.54, 1.807) is 0 Å². The minimum absolute atomic E-state index is 0.0712. The number of unbranched alkanes of at least 4 members (excludes halogenated alkanes) is 1. The van der Waals surface area contributed by atoms with E-state index in [9.17, 15) is 0 Å². The summed E-state index contributed by atoms with van der Waals surface area (Å²) in [5, 5.41) is 0. The summed E-state index contributed by atoms with van der Waals surface area (Å²) in [6.07, 6.45) is 5.31. The van der Waals surface area contributed by atoms with Crippen molar-refractivity contribution in [2.24, 2.45) is 5.92 Å². The SMILES string of the molecule is CCCC[C@H]1OC(OCC)C[C@@H]1C. The molecule has 0 aliphatic carbocycles. The van der Waals surface area contributed by atoms with Gasteiger partial charge in [-0.05, 0) is 19.3 Å². The van der Waals surface area contributed by atoms with Crippen LogP contribution >= 0.6 is 0 Å². The number of hydrogen-bond donors (Lipinski definition) is 0. The van der Waals surface area contributed by atoms with Crippen molar-refractivity contribution < 1.29 is 9.47 Å². The van der Waals surface area contributed by atoms with E-state index in [1.165, 1.54) is 19.3 Å². The van der Waals surface area contributed by atoms with Crippen LogP contribution in [0.4, 0.5) is 0 Å². The molecule has 3 atom stereocenters. The lowest BCUT2D eigenvalue weighted by Crippen LogP contribution is -2.15. The van der Waals surface area contributed by atoms with Crippen LogP contribution in [0.2, 0.25) is 0 Å². The molecule has 0 aromatic carbocycles. The first-order valence-electron chi connectivity index (χ1n) is 5.55. The van der Waals surface area contributed by atoms with Crippen LogP contribution in [-0.2, 0) is 9.47 Å². The molecule has 1 aliphatic rings. The highest BCUT2D eigenvalue weighted by atomic mass is 16.7. The Bertz CT molecular complexity index is 136. The van der Waals surface area contributed by atoms with Crippen LogP contribution < -0.4 is 0 Å². The lowest BCUT2D eigenvalue weighted by Gasteiger charge is -2.14. The van der Waals surface area contributed by atoms with Gasteiger partial charge in [0.25, 0.3) is 0 Å². The summed E-state index contributed by atoms with van der Waals surface area (Å²) >= 11 is 0. The Morgan fingerprint density at radius 3 is 2.77 bits per heavy atom. The Morgan fingerprint density at radius 1 is 1.38 bits per heavy atom. The molecule has 0 radical (unpaired) electrons. The van der Waals surface area contributed by atoms with Crippen molar-refractivity contribution >= 4 is 0 Å². The summed E-state index contributed by atoms with van der Waals surface area (Å²) in [4.78, 5) is 0. The van der Waals surface area contributed by atoms with Crippen molar-refractivity contribution in [1.82, 2.24) is 0 Å². The normalized spacial score (nSPS) is 33.9. The Hall–Kier alpha value is -0.0800. The minimum atomic E-state index is 0.0712. The molecule has 1 rings (SSSR count). The van der Waals surface area contributed by atoms with E-state index in [1.807, 2.05) is 6.92 Å². The Morgan fingerprint density at radius 2 is 2.15 bits per heavy atom. The molecule has 78 valence electrons. The maximum atomic E-state index is 5.79. The zero-order valence-corrected chi connectivity index (χ0v) is 9.08. The Balaban J connectivity index is 2.24. The molecule has 0 aromatic rings. The summed E-state index contributed by atoms with van der Waals surface area (Å²) in [6, 6.07) is 0. The topological polar surface area (TPSA) is 18.5 Å². The molecule has 0 aromatic heterocycles. The monoisotopic (exact) mass is 186 g/mol. The molecule has 13 heavy (non-hydrogen) atoms. The van der Waals surface area contributed by atoms with Crippen molar-refractivity contribution in [3.8, 4) is 0 Å². The fraction of sp³-hybridized carbons (Fsp3) is 1.00. The van der Waals surface area contributed by atoms with Gasteiger partial charge in [0.1, 0.15) is 0 Å². The highest BCUT2D eigenvalue weighted by Gasteiger charge is 2.31. The van der Waals surface area contributed by atoms with Gasteiger partial charge in [0.05, 0.1) is 6.10 Å². The predicted octanol–water partition coefficient (Wildman–Crippen LogP) is 2.96. The van der Waals surface area contributed by atoms with Crippen molar-refractivity contribution in [3.63, 3.8) is 0 Å². The zero-order valence-electron chi connectivity index (χ0n) is 9.08. The maximum absolute atomic E-state index is 5.79. The molecule has 0 saturated carbocycles. The van der Waals surface area contributed by atoms with Gasteiger partial charge in [-0.2, -0.15) is 0 Å². The highest BCUT2D eigenvalue weighted by Crippen LogP contribution is 2.29. The average molecular weight is 186 g/mol. The van der Waals surface area contributed by atoms with Gasteiger partial charge in [0, 0.05) is 13.0 Å². The van der Waals surface area contributed by atoms with Gasteiger partial charge in [0.15, 0.2) is 6.29 Å². The molecule has 0 spiro atoms. The summed E-state index contributed by atoms with van der Waals surface area (Å²) in [6.45, 7) is 7.27. The molecule has 1 aliphatic heterocycles. The van der Waals surface area contributed by atoms with E-state index in [-0.39, 0.29) is 6.29 Å². The van der Waals surface area contributed by atoms with Crippen LogP contribution in [0.25, 0.3) is 0 Å². The molecule has 1 fully saturated rings. The standard InChI is InChI=1S/C11H22O2/c1-4-6-7-10-9(3)8-11(13-10)12-5-2/h9-11H,4-8H2,1-3H3/t9-,10+,11?/m0/s1. The van der Waals surface area contributed by atoms with E-state index < -0.39 is 0 Å². The first-order valence-corrected chi connectivity index (χ1v) is 5.55. The van der Waals surface area contributed by atoms with Crippen LogP contribution in [-0.4, -0.2) is 19.0 Å². The summed E-state index contributed by atoms with van der Waals surface area (Å²) < 4.78 is 11.3. The fourth-order valence-electron chi connectivity index (χ4n) is 1.89. The second-order valence-electron chi connectivity index (χ2n) is 3.91. The van der Waals surface area contributed by atoms with Gasteiger partial charge in [-0.1, -0.05) is 26.7 Å². The van der Waals surface area contributed by atoms with E-state index in [2.05, 4.69) is 13.8 Å². The van der Waals surface area contributed by atoms with E-state index >= 15 is 0 Å². The van der Waals surface area contributed by atoms with Gasteiger partial charge in [-0.15, -0.1) is 0 Å². The predicted molar refractivity (Wildman–Crippen MR) is 53.6 cm³/mol. The second-order valence-corrected chi connectivity index (χ2v) is 3.91. The summed E-state index contributed by atoms with van der Waals surface area (Å²) in [5.41, 5.74) is 0. The van der Waals surface area contributed by atoms with E-state index in [0.29, 0.717) is 12.0 Å². The maximum Gasteiger partial charge on any atom is 0.158 e. The molecule has 2 nitrogen and oxygen atoms in total. The molecule has 0 amide bonds. The van der Waals surface area contributed by atoms with Crippen LogP contribution in [0.3, 0.4) is 0 Å². The third-order valence-electron chi connectivity index (χ3n) is 2.72. The molecule has 2 heteroatoms. The molecule has 1 saturated heterocycles. The molecular weight excluding hydrogens is 164 g/mol. The zero-order chi connectivity index (χ0) is 9.68. The number of rotatable bonds is 5. The van der Waals surface area contributed by atoms with Gasteiger partial charge < -0.3 is 9.47 Å². The van der Waals surface area contributed by atoms with Crippen LogP contribution in [0.1, 0.15) is 46.5 Å². The van der Waals surface area contributed by atoms with E-state index in [0.717, 1.165) is 13.0 Å². The average Bonchev–Trinajstić information content (AvgIpc) is 2.44. The Labute approximate surface area is 81.6 Å². The molecule has 1 unspecified atom stereocenters. The van der Waals surface area contributed by atoms with Gasteiger partial charge in [0.2, 0.25) is 0 Å². The number of hydrogen-bond acceptors (Lipinski definition) is 2. The molecule has 0 bridgehead atoms. The highest BCUT2D eigenvalue weighted by molar-refractivity contribution is 4.75. The first-order chi connectivity index (χ1) is 6.27. The lowest BCUT2D eigenvalue weighted by atomic mass is 9.99. The molecular formula is C11H22O2. The van der Waals surface area contributed by atoms with Crippen molar-refractivity contribution in [1.29, 1.82) is 0 Å². The van der Waals surface area contributed by atoms with Crippen molar-refractivity contribution in [3.05, 3.63) is 0 Å². The molecule has 1 heterocycles. The lowest BCUT2D eigenvalue weighted by molar-refractivity contribution is -0.132.